The fraction of sp³-hybridized carbons (Fsp3) is 0.692. The second kappa shape index (κ2) is 8.47. The second-order valence-electron chi connectivity index (χ2n) is 6.22. The highest BCUT2D eigenvalue weighted by Crippen LogP contribution is 2.63. The van der Waals surface area contributed by atoms with Crippen LogP contribution >= 0.6 is 15.9 Å². The summed E-state index contributed by atoms with van der Waals surface area (Å²) < 4.78 is 223. The minimum Gasteiger partial charge on any atom is -0.281 e. The van der Waals surface area contributed by atoms with Gasteiger partial charge < -0.3 is 0 Å². The molecule has 0 bridgehead atoms. The molecule has 0 atom stereocenters. The van der Waals surface area contributed by atoms with Crippen LogP contribution in [0.15, 0.2) is 23.0 Å². The molecule has 0 aromatic rings. The predicted octanol–water partition coefficient (Wildman–Crippen LogP) is 6.50. The van der Waals surface area contributed by atoms with Crippen molar-refractivity contribution in [2.75, 3.05) is 6.61 Å². The van der Waals surface area contributed by atoms with Crippen LogP contribution in [0, 0.1) is 0 Å². The molecule has 1 N–H and O–H groups in total. The fourth-order valence-electron chi connectivity index (χ4n) is 1.87. The van der Waals surface area contributed by atoms with E-state index in [9.17, 15) is 74.6 Å². The van der Waals surface area contributed by atoms with Gasteiger partial charge in [0.25, 0.3) is 0 Å². The van der Waals surface area contributed by atoms with Crippen LogP contribution in [0.1, 0.15) is 0 Å². The standard InChI is InChI=1S/C13H6BrF17N2O/c14-5-1-2-33(32-3-5)34-4-6(15,16)7(17,18)8(19,20)9(21,22)10(23,24)11(25,26)12(27,28)13(29,30)31/h1-3,32H,4H2. The number of halogens is 18. The minimum atomic E-state index is -8.66. The monoisotopic (exact) mass is 608 g/mol. The molecule has 1 heterocycles. The van der Waals surface area contributed by atoms with Crippen LogP contribution in [0.2, 0.25) is 0 Å². The van der Waals surface area contributed by atoms with Crippen molar-refractivity contribution in [1.29, 1.82) is 0 Å². The number of hydrazine groups is 1. The molecule has 0 spiro atoms. The lowest BCUT2D eigenvalue weighted by molar-refractivity contribution is -0.463. The van der Waals surface area contributed by atoms with Gasteiger partial charge in [0.1, 0.15) is 6.61 Å². The summed E-state index contributed by atoms with van der Waals surface area (Å²) in [6, 6.07) is 0. The van der Waals surface area contributed by atoms with E-state index in [0.29, 0.717) is 6.20 Å². The molecule has 1 rings (SSSR count). The molecule has 0 saturated heterocycles. The lowest BCUT2D eigenvalue weighted by Crippen LogP contribution is -2.74. The molecule has 0 fully saturated rings. The maximum absolute atomic E-state index is 13.6. The van der Waals surface area contributed by atoms with Gasteiger partial charge in [-0.05, 0) is 22.0 Å². The molecule has 0 aromatic heterocycles. The van der Waals surface area contributed by atoms with Crippen LogP contribution in [0.5, 0.6) is 0 Å². The lowest BCUT2D eigenvalue weighted by Gasteiger charge is -2.42. The van der Waals surface area contributed by atoms with Crippen molar-refractivity contribution < 1.29 is 79.5 Å². The molecule has 1 aliphatic rings. The molecule has 21 heteroatoms. The molecule has 0 radical (unpaired) electrons. The largest absolute Gasteiger partial charge is 0.460 e. The highest BCUT2D eigenvalue weighted by molar-refractivity contribution is 9.11. The molecule has 3 nitrogen and oxygen atoms in total. The molecular weight excluding hydrogens is 603 g/mol. The number of nitrogens with zero attached hydrogens (tertiary/aromatic N) is 1. The summed E-state index contributed by atoms with van der Waals surface area (Å²) in [5.41, 5.74) is 1.83. The molecule has 0 amide bonds. The van der Waals surface area contributed by atoms with Gasteiger partial charge >= 0.3 is 47.6 Å². The number of alkyl halides is 17. The average molecular weight is 609 g/mol. The highest BCUT2D eigenvalue weighted by atomic mass is 79.9. The van der Waals surface area contributed by atoms with Gasteiger partial charge in [0.05, 0.1) is 6.20 Å². The lowest BCUT2D eigenvalue weighted by atomic mass is 9.89. The number of nitrogens with one attached hydrogen (secondary N) is 1. The van der Waals surface area contributed by atoms with E-state index in [1.807, 2.05) is 5.43 Å². The quantitative estimate of drug-likeness (QED) is 0.303. The van der Waals surface area contributed by atoms with Crippen molar-refractivity contribution in [3.05, 3.63) is 23.0 Å². The summed E-state index contributed by atoms with van der Waals surface area (Å²) in [5, 5.41) is -0.0440. The Morgan fingerprint density at radius 3 is 1.38 bits per heavy atom. The predicted molar refractivity (Wildman–Crippen MR) is 77.8 cm³/mol. The van der Waals surface area contributed by atoms with Gasteiger partial charge in [0.15, 0.2) is 0 Å². The average Bonchev–Trinajstić information content (AvgIpc) is 2.65. The zero-order valence-corrected chi connectivity index (χ0v) is 16.7. The summed E-state index contributed by atoms with van der Waals surface area (Å²) in [5.74, 6) is -56.7. The van der Waals surface area contributed by atoms with Crippen molar-refractivity contribution in [1.82, 2.24) is 10.6 Å². The van der Waals surface area contributed by atoms with Crippen LogP contribution in [-0.2, 0) is 4.84 Å². The first-order chi connectivity index (χ1) is 14.7. The van der Waals surface area contributed by atoms with E-state index in [1.165, 1.54) is 0 Å². The van der Waals surface area contributed by atoms with Gasteiger partial charge in [0.2, 0.25) is 0 Å². The first-order valence-electron chi connectivity index (χ1n) is 7.66. The molecule has 0 unspecified atom stereocenters. The van der Waals surface area contributed by atoms with Gasteiger partial charge in [-0.1, -0.05) is 0 Å². The van der Waals surface area contributed by atoms with Gasteiger partial charge in [-0.25, -0.2) is 4.84 Å². The van der Waals surface area contributed by atoms with Crippen molar-refractivity contribution in [2.24, 2.45) is 0 Å². The van der Waals surface area contributed by atoms with E-state index >= 15 is 0 Å². The number of hydrogen-bond donors (Lipinski definition) is 1. The normalized spacial score (nSPS) is 17.6. The van der Waals surface area contributed by atoms with Gasteiger partial charge in [-0.3, -0.25) is 5.43 Å². The van der Waals surface area contributed by atoms with Crippen LogP contribution in [0.3, 0.4) is 0 Å². The molecular formula is C13H6BrF17N2O. The van der Waals surface area contributed by atoms with E-state index in [2.05, 4.69) is 20.8 Å². The van der Waals surface area contributed by atoms with Crippen molar-refractivity contribution in [3.63, 3.8) is 0 Å². The van der Waals surface area contributed by atoms with E-state index in [1.54, 1.807) is 0 Å². The van der Waals surface area contributed by atoms with E-state index in [-0.39, 0.29) is 9.65 Å². The number of hydrogen-bond acceptors (Lipinski definition) is 3. The number of hydroxylamine groups is 1. The molecule has 0 aliphatic carbocycles. The van der Waals surface area contributed by atoms with E-state index in [4.69, 9.17) is 0 Å². The summed E-state index contributed by atoms with van der Waals surface area (Å²) in [4.78, 5) is 3.80. The zero-order valence-electron chi connectivity index (χ0n) is 15.1. The van der Waals surface area contributed by atoms with Crippen molar-refractivity contribution in [3.8, 4) is 0 Å². The Morgan fingerprint density at radius 2 is 1.03 bits per heavy atom. The Hall–Kier alpha value is -1.67. The highest BCUT2D eigenvalue weighted by Gasteiger charge is 2.95. The topological polar surface area (TPSA) is 24.5 Å². The Labute approximate surface area is 184 Å². The van der Waals surface area contributed by atoms with E-state index < -0.39 is 54.2 Å². The second-order valence-corrected chi connectivity index (χ2v) is 7.14. The van der Waals surface area contributed by atoms with Gasteiger partial charge in [0, 0.05) is 10.7 Å². The van der Waals surface area contributed by atoms with Crippen LogP contribution in [-0.4, -0.2) is 59.4 Å². The molecule has 1 aliphatic heterocycles. The van der Waals surface area contributed by atoms with Crippen LogP contribution in [0.25, 0.3) is 0 Å². The van der Waals surface area contributed by atoms with Crippen LogP contribution < -0.4 is 5.43 Å². The summed E-state index contributed by atoms with van der Waals surface area (Å²) in [6.07, 6.45) is -5.44. The van der Waals surface area contributed by atoms with Gasteiger partial charge in [-0.2, -0.15) is 79.8 Å². The fourth-order valence-corrected chi connectivity index (χ4v) is 2.09. The minimum absolute atomic E-state index is 0.0440. The summed E-state index contributed by atoms with van der Waals surface area (Å²) >= 11 is 2.77. The van der Waals surface area contributed by atoms with Crippen molar-refractivity contribution in [2.45, 2.75) is 47.6 Å². The molecule has 34 heavy (non-hydrogen) atoms. The first-order valence-corrected chi connectivity index (χ1v) is 8.45. The Morgan fingerprint density at radius 1 is 0.647 bits per heavy atom. The van der Waals surface area contributed by atoms with Crippen LogP contribution in [0.4, 0.5) is 74.6 Å². The third-order valence-electron chi connectivity index (χ3n) is 3.87. The number of rotatable bonds is 9. The third-order valence-corrected chi connectivity index (χ3v) is 4.36. The molecule has 0 aromatic carbocycles. The first kappa shape index (κ1) is 30.4. The molecule has 0 saturated carbocycles. The molecule has 200 valence electrons. The van der Waals surface area contributed by atoms with Gasteiger partial charge in [-0.15, -0.1) is 0 Å². The third kappa shape index (κ3) is 4.36. The van der Waals surface area contributed by atoms with E-state index in [0.717, 1.165) is 12.3 Å². The Balaban J connectivity index is 3.38. The zero-order chi connectivity index (χ0) is 27.4. The Bertz CT molecular complexity index is 819. The number of allylic oxidation sites excluding steroid dienone is 2. The maximum atomic E-state index is 13.6. The smallest absolute Gasteiger partial charge is 0.281 e. The summed E-state index contributed by atoms with van der Waals surface area (Å²) in [7, 11) is 0. The van der Waals surface area contributed by atoms with Crippen molar-refractivity contribution >= 4 is 15.9 Å². The maximum Gasteiger partial charge on any atom is 0.460 e. The Kier molecular flexibility index (Phi) is 7.56. The SMILES string of the molecule is FC(F)(F)C(F)(F)C(F)(F)C(F)(F)C(F)(F)C(F)(F)C(F)(F)C(F)(F)CON1C=CC(Br)=CN1. The summed E-state index contributed by atoms with van der Waals surface area (Å²) in [6.45, 7) is -3.05.